The summed E-state index contributed by atoms with van der Waals surface area (Å²) >= 11 is 5.05. The third-order valence-corrected chi connectivity index (χ3v) is 3.79. The van der Waals surface area contributed by atoms with Gasteiger partial charge in [-0.15, -0.1) is 0 Å². The second-order valence-electron chi connectivity index (χ2n) is 4.30. The molecule has 1 aromatic rings. The topological polar surface area (TPSA) is 68.0 Å². The summed E-state index contributed by atoms with van der Waals surface area (Å²) in [6.07, 6.45) is 4.49. The van der Waals surface area contributed by atoms with Gasteiger partial charge in [-0.3, -0.25) is 9.78 Å². The third kappa shape index (κ3) is 2.67. The molecular weight excluding hydrogens is 246 g/mol. The van der Waals surface area contributed by atoms with E-state index in [0.717, 1.165) is 5.56 Å². The van der Waals surface area contributed by atoms with Crippen molar-refractivity contribution < 1.29 is 4.79 Å². The van der Waals surface area contributed by atoms with E-state index in [0.29, 0.717) is 18.5 Å². The minimum absolute atomic E-state index is 0.156. The van der Waals surface area contributed by atoms with E-state index < -0.39 is 5.41 Å². The summed E-state index contributed by atoms with van der Waals surface area (Å²) in [5, 5.41) is 2.87. The van der Waals surface area contributed by atoms with E-state index in [-0.39, 0.29) is 10.9 Å². The van der Waals surface area contributed by atoms with Crippen LogP contribution < -0.4 is 11.1 Å². The fourth-order valence-corrected chi connectivity index (χ4v) is 2.25. The molecule has 0 aromatic carbocycles. The first kappa shape index (κ1) is 14.6. The van der Waals surface area contributed by atoms with Gasteiger partial charge in [0.25, 0.3) is 0 Å². The Morgan fingerprint density at radius 1 is 1.50 bits per heavy atom. The van der Waals surface area contributed by atoms with Crippen LogP contribution in [0.15, 0.2) is 18.5 Å². The van der Waals surface area contributed by atoms with Gasteiger partial charge in [0.1, 0.15) is 0 Å². The zero-order valence-corrected chi connectivity index (χ0v) is 11.8. The molecule has 0 fully saturated rings. The molecule has 98 valence electrons. The van der Waals surface area contributed by atoms with Gasteiger partial charge in [-0.1, -0.05) is 26.1 Å². The number of hydrogen-bond donors (Lipinski definition) is 2. The SMILES string of the molecule is CCC(CC)(C(=O)Nc1cnccc1C)C(N)=S. The van der Waals surface area contributed by atoms with Gasteiger partial charge in [0.05, 0.1) is 22.3 Å². The number of anilines is 1. The number of nitrogens with two attached hydrogens (primary N) is 1. The molecule has 4 nitrogen and oxygen atoms in total. The highest BCUT2D eigenvalue weighted by Crippen LogP contribution is 2.29. The monoisotopic (exact) mass is 265 g/mol. The lowest BCUT2D eigenvalue weighted by molar-refractivity contribution is -0.122. The van der Waals surface area contributed by atoms with E-state index in [9.17, 15) is 4.79 Å². The average Bonchev–Trinajstić information content (AvgIpc) is 2.34. The molecule has 0 spiro atoms. The lowest BCUT2D eigenvalue weighted by atomic mass is 9.81. The number of aromatic nitrogens is 1. The Hall–Kier alpha value is -1.49. The number of nitrogens with one attached hydrogen (secondary N) is 1. The summed E-state index contributed by atoms with van der Waals surface area (Å²) in [5.41, 5.74) is 6.62. The van der Waals surface area contributed by atoms with Crippen LogP contribution in [0.5, 0.6) is 0 Å². The van der Waals surface area contributed by atoms with Gasteiger partial charge < -0.3 is 11.1 Å². The van der Waals surface area contributed by atoms with E-state index in [1.165, 1.54) is 0 Å². The molecule has 0 atom stereocenters. The van der Waals surface area contributed by atoms with Gasteiger partial charge in [-0.2, -0.15) is 0 Å². The molecule has 3 N–H and O–H groups in total. The van der Waals surface area contributed by atoms with Gasteiger partial charge in [0.15, 0.2) is 0 Å². The Kier molecular flexibility index (Phi) is 4.78. The van der Waals surface area contributed by atoms with Crippen LogP contribution in [0.25, 0.3) is 0 Å². The zero-order valence-electron chi connectivity index (χ0n) is 11.0. The Labute approximate surface area is 113 Å². The molecule has 0 saturated carbocycles. The van der Waals surface area contributed by atoms with Crippen LogP contribution in [0.4, 0.5) is 5.69 Å². The van der Waals surface area contributed by atoms with Crippen molar-refractivity contribution in [3.05, 3.63) is 24.0 Å². The number of nitrogens with zero attached hydrogens (tertiary/aromatic N) is 1. The number of rotatable bonds is 5. The molecular formula is C13H19N3OS. The molecule has 0 unspecified atom stereocenters. The van der Waals surface area contributed by atoms with Crippen LogP contribution in [0, 0.1) is 12.3 Å². The lowest BCUT2D eigenvalue weighted by Gasteiger charge is -2.29. The standard InChI is InChI=1S/C13H19N3OS/c1-4-13(5-2,11(14)18)12(17)16-10-8-15-7-6-9(10)3/h6-8H,4-5H2,1-3H3,(H2,14,18)(H,16,17). The molecule has 5 heteroatoms. The molecule has 0 bridgehead atoms. The summed E-state index contributed by atoms with van der Waals surface area (Å²) in [6, 6.07) is 1.84. The van der Waals surface area contributed by atoms with Crippen LogP contribution >= 0.6 is 12.2 Å². The van der Waals surface area contributed by atoms with E-state index in [4.69, 9.17) is 18.0 Å². The molecule has 0 radical (unpaired) electrons. The van der Waals surface area contributed by atoms with E-state index >= 15 is 0 Å². The first-order valence-corrected chi connectivity index (χ1v) is 6.40. The Morgan fingerprint density at radius 3 is 2.56 bits per heavy atom. The maximum atomic E-state index is 12.4. The van der Waals surface area contributed by atoms with Crippen LogP contribution in [0.1, 0.15) is 32.3 Å². The second kappa shape index (κ2) is 5.91. The van der Waals surface area contributed by atoms with Crippen molar-refractivity contribution in [3.63, 3.8) is 0 Å². The summed E-state index contributed by atoms with van der Waals surface area (Å²) in [5.74, 6) is -0.156. The molecule has 0 aliphatic carbocycles. The number of hydrogen-bond acceptors (Lipinski definition) is 3. The van der Waals surface area contributed by atoms with Crippen LogP contribution in [-0.4, -0.2) is 15.9 Å². The van der Waals surface area contributed by atoms with Crippen LogP contribution in [0.2, 0.25) is 0 Å². The maximum Gasteiger partial charge on any atom is 0.237 e. The van der Waals surface area contributed by atoms with Crippen molar-refractivity contribution in [3.8, 4) is 0 Å². The average molecular weight is 265 g/mol. The number of amides is 1. The van der Waals surface area contributed by atoms with Gasteiger partial charge in [0.2, 0.25) is 5.91 Å². The van der Waals surface area contributed by atoms with Crippen LogP contribution in [-0.2, 0) is 4.79 Å². The van der Waals surface area contributed by atoms with Gasteiger partial charge in [-0.25, -0.2) is 0 Å². The van der Waals surface area contributed by atoms with Crippen molar-refractivity contribution in [1.82, 2.24) is 4.98 Å². The Bertz CT molecular complexity index is 455. The first-order valence-electron chi connectivity index (χ1n) is 6.00. The molecule has 1 amide bonds. The fourth-order valence-electron chi connectivity index (χ4n) is 1.87. The zero-order chi connectivity index (χ0) is 13.8. The van der Waals surface area contributed by atoms with Crippen LogP contribution in [0.3, 0.4) is 0 Å². The number of thiocarbonyl (C=S) groups is 1. The van der Waals surface area contributed by atoms with Crippen molar-refractivity contribution in [2.75, 3.05) is 5.32 Å². The summed E-state index contributed by atoms with van der Waals surface area (Å²) in [6.45, 7) is 5.74. The Morgan fingerprint density at radius 2 is 2.11 bits per heavy atom. The van der Waals surface area contributed by atoms with Gasteiger partial charge in [-0.05, 0) is 31.4 Å². The van der Waals surface area contributed by atoms with E-state index in [1.807, 2.05) is 26.8 Å². The quantitative estimate of drug-likeness (QED) is 0.802. The van der Waals surface area contributed by atoms with E-state index in [2.05, 4.69) is 10.3 Å². The molecule has 0 aliphatic rings. The molecule has 1 aromatic heterocycles. The molecule has 0 saturated heterocycles. The number of carbonyl (C=O) groups excluding carboxylic acids is 1. The predicted octanol–water partition coefficient (Wildman–Crippen LogP) is 2.42. The lowest BCUT2D eigenvalue weighted by Crippen LogP contribution is -2.45. The second-order valence-corrected chi connectivity index (χ2v) is 4.74. The number of pyridine rings is 1. The highest BCUT2D eigenvalue weighted by molar-refractivity contribution is 7.80. The predicted molar refractivity (Wildman–Crippen MR) is 77.4 cm³/mol. The third-order valence-electron chi connectivity index (χ3n) is 3.40. The highest BCUT2D eigenvalue weighted by Gasteiger charge is 2.38. The fraction of sp³-hybridized carbons (Fsp3) is 0.462. The molecule has 1 rings (SSSR count). The minimum atomic E-state index is -0.780. The van der Waals surface area contributed by atoms with E-state index in [1.54, 1.807) is 12.4 Å². The summed E-state index contributed by atoms with van der Waals surface area (Å²) in [7, 11) is 0. The molecule has 0 aliphatic heterocycles. The van der Waals surface area contributed by atoms with Crippen molar-refractivity contribution in [1.29, 1.82) is 0 Å². The number of carbonyl (C=O) groups is 1. The van der Waals surface area contributed by atoms with Crippen molar-refractivity contribution >= 4 is 28.8 Å². The first-order chi connectivity index (χ1) is 8.47. The smallest absolute Gasteiger partial charge is 0.237 e. The summed E-state index contributed by atoms with van der Waals surface area (Å²) in [4.78, 5) is 16.6. The van der Waals surface area contributed by atoms with Crippen molar-refractivity contribution in [2.45, 2.75) is 33.6 Å². The highest BCUT2D eigenvalue weighted by atomic mass is 32.1. The minimum Gasteiger partial charge on any atom is -0.392 e. The van der Waals surface area contributed by atoms with Gasteiger partial charge >= 0.3 is 0 Å². The largest absolute Gasteiger partial charge is 0.392 e. The normalized spacial score (nSPS) is 11.1. The maximum absolute atomic E-state index is 12.4. The summed E-state index contributed by atoms with van der Waals surface area (Å²) < 4.78 is 0. The number of aryl methyl sites for hydroxylation is 1. The molecule has 18 heavy (non-hydrogen) atoms. The molecule has 1 heterocycles. The Balaban J connectivity index is 3.00. The van der Waals surface area contributed by atoms with Crippen molar-refractivity contribution in [2.24, 2.45) is 11.1 Å². The van der Waals surface area contributed by atoms with Gasteiger partial charge in [0, 0.05) is 6.20 Å².